The Kier molecular flexibility index (Phi) is 9.31. The monoisotopic (exact) mass is 369 g/mol. The minimum atomic E-state index is -0.167. The van der Waals surface area contributed by atoms with E-state index in [-0.39, 0.29) is 24.2 Å². The van der Waals surface area contributed by atoms with Gasteiger partial charge in [-0.2, -0.15) is 0 Å². The molecule has 25 heavy (non-hydrogen) atoms. The fraction of sp³-hybridized carbons (Fsp3) is 0.556. The summed E-state index contributed by atoms with van der Waals surface area (Å²) < 4.78 is 5.46. The van der Waals surface area contributed by atoms with Crippen molar-refractivity contribution in [1.29, 1.82) is 0 Å². The molecule has 1 atom stereocenters. The first-order chi connectivity index (χ1) is 11.6. The molecule has 1 aromatic rings. The van der Waals surface area contributed by atoms with Crippen molar-refractivity contribution in [2.75, 3.05) is 33.3 Å². The Bertz CT molecular complexity index is 562. The summed E-state index contributed by atoms with van der Waals surface area (Å²) in [4.78, 5) is 26.2. The number of ether oxygens (including phenoxy) is 1. The Morgan fingerprint density at radius 1 is 1.36 bits per heavy atom. The molecule has 6 nitrogen and oxygen atoms in total. The zero-order valence-electron chi connectivity index (χ0n) is 14.9. The van der Waals surface area contributed by atoms with Crippen LogP contribution in [-0.4, -0.2) is 56.0 Å². The van der Waals surface area contributed by atoms with E-state index in [9.17, 15) is 9.59 Å². The molecule has 140 valence electrons. The van der Waals surface area contributed by atoms with Gasteiger partial charge in [-0.15, -0.1) is 12.4 Å². The Balaban J connectivity index is 0.00000312. The van der Waals surface area contributed by atoms with E-state index in [2.05, 4.69) is 10.6 Å². The van der Waals surface area contributed by atoms with Gasteiger partial charge in [0.05, 0.1) is 12.2 Å². The SMILES string of the molecule is CCOc1ccccc1C(=O)NCCCC(=O)N(C)C1CCNC1.Cl. The first-order valence-corrected chi connectivity index (χ1v) is 8.60. The highest BCUT2D eigenvalue weighted by Crippen LogP contribution is 2.17. The summed E-state index contributed by atoms with van der Waals surface area (Å²) >= 11 is 0. The highest BCUT2D eigenvalue weighted by molar-refractivity contribution is 5.96. The highest BCUT2D eigenvalue weighted by Gasteiger charge is 2.22. The van der Waals surface area contributed by atoms with E-state index in [0.717, 1.165) is 19.5 Å². The van der Waals surface area contributed by atoms with Crippen LogP contribution in [0, 0.1) is 0 Å². The summed E-state index contributed by atoms with van der Waals surface area (Å²) in [6, 6.07) is 7.48. The molecule has 1 unspecified atom stereocenters. The number of para-hydroxylation sites is 1. The molecule has 2 rings (SSSR count). The molecular formula is C18H28ClN3O3. The third-order valence-electron chi connectivity index (χ3n) is 4.26. The standard InChI is InChI=1S/C18H27N3O3.ClH/c1-3-24-16-8-5-4-7-15(16)18(23)20-11-6-9-17(22)21(2)14-10-12-19-13-14;/h4-5,7-8,14,19H,3,6,9-13H2,1-2H3,(H,20,23);1H. The molecule has 1 saturated heterocycles. The summed E-state index contributed by atoms with van der Waals surface area (Å²) in [7, 11) is 1.86. The van der Waals surface area contributed by atoms with E-state index in [1.807, 2.05) is 31.0 Å². The van der Waals surface area contributed by atoms with Crippen LogP contribution in [0.5, 0.6) is 5.75 Å². The Labute approximate surface area is 155 Å². The predicted molar refractivity (Wildman–Crippen MR) is 100 cm³/mol. The van der Waals surface area contributed by atoms with Crippen molar-refractivity contribution in [3.05, 3.63) is 29.8 Å². The smallest absolute Gasteiger partial charge is 0.255 e. The quantitative estimate of drug-likeness (QED) is 0.686. The van der Waals surface area contributed by atoms with Gasteiger partial charge in [0.25, 0.3) is 5.91 Å². The molecule has 7 heteroatoms. The molecule has 1 heterocycles. The average molecular weight is 370 g/mol. The second-order valence-electron chi connectivity index (χ2n) is 5.94. The topological polar surface area (TPSA) is 70.7 Å². The largest absolute Gasteiger partial charge is 0.493 e. The lowest BCUT2D eigenvalue weighted by molar-refractivity contribution is -0.131. The minimum absolute atomic E-state index is 0. The minimum Gasteiger partial charge on any atom is -0.493 e. The molecule has 2 N–H and O–H groups in total. The van der Waals surface area contributed by atoms with Gasteiger partial charge in [-0.05, 0) is 38.4 Å². The van der Waals surface area contributed by atoms with Crippen LogP contribution in [-0.2, 0) is 4.79 Å². The molecule has 2 amide bonds. The van der Waals surface area contributed by atoms with Crippen LogP contribution in [0.4, 0.5) is 0 Å². The van der Waals surface area contributed by atoms with Crippen LogP contribution in [0.25, 0.3) is 0 Å². The van der Waals surface area contributed by atoms with Crippen molar-refractivity contribution in [2.45, 2.75) is 32.2 Å². The number of hydrogen-bond donors (Lipinski definition) is 2. The van der Waals surface area contributed by atoms with E-state index >= 15 is 0 Å². The maximum absolute atomic E-state index is 12.2. The van der Waals surface area contributed by atoms with Gasteiger partial charge in [-0.25, -0.2) is 0 Å². The number of likely N-dealkylation sites (N-methyl/N-ethyl adjacent to an activating group) is 1. The second kappa shape index (κ2) is 10.9. The molecule has 1 aliphatic heterocycles. The summed E-state index contributed by atoms with van der Waals surface area (Å²) in [5.74, 6) is 0.551. The number of carbonyl (C=O) groups excluding carboxylic acids is 2. The third-order valence-corrected chi connectivity index (χ3v) is 4.26. The number of nitrogens with one attached hydrogen (secondary N) is 2. The molecule has 1 fully saturated rings. The molecule has 1 aliphatic rings. The Hall–Kier alpha value is -1.79. The second-order valence-corrected chi connectivity index (χ2v) is 5.94. The van der Waals surface area contributed by atoms with Crippen LogP contribution in [0.15, 0.2) is 24.3 Å². The van der Waals surface area contributed by atoms with Crippen LogP contribution >= 0.6 is 12.4 Å². The van der Waals surface area contributed by atoms with Crippen LogP contribution in [0.1, 0.15) is 36.5 Å². The molecule has 0 saturated carbocycles. The van der Waals surface area contributed by atoms with Crippen LogP contribution in [0.2, 0.25) is 0 Å². The molecule has 0 bridgehead atoms. The van der Waals surface area contributed by atoms with Gasteiger partial charge >= 0.3 is 0 Å². The van der Waals surface area contributed by atoms with E-state index in [0.29, 0.717) is 43.3 Å². The zero-order valence-corrected chi connectivity index (χ0v) is 15.7. The lowest BCUT2D eigenvalue weighted by Gasteiger charge is -2.23. The summed E-state index contributed by atoms with van der Waals surface area (Å²) in [5.41, 5.74) is 0.528. The van der Waals surface area contributed by atoms with Gasteiger partial charge in [0.15, 0.2) is 0 Å². The van der Waals surface area contributed by atoms with Crippen molar-refractivity contribution < 1.29 is 14.3 Å². The van der Waals surface area contributed by atoms with Gasteiger partial charge < -0.3 is 20.3 Å². The van der Waals surface area contributed by atoms with Crippen LogP contribution in [0.3, 0.4) is 0 Å². The molecule has 1 aromatic carbocycles. The molecule has 0 spiro atoms. The van der Waals surface area contributed by atoms with E-state index in [1.54, 1.807) is 12.1 Å². The van der Waals surface area contributed by atoms with Gasteiger partial charge in [-0.1, -0.05) is 12.1 Å². The van der Waals surface area contributed by atoms with Crippen molar-refractivity contribution in [3.8, 4) is 5.75 Å². The van der Waals surface area contributed by atoms with Gasteiger partial charge in [0.2, 0.25) is 5.91 Å². The molecular weight excluding hydrogens is 342 g/mol. The summed E-state index contributed by atoms with van der Waals surface area (Å²) in [6.45, 7) is 4.71. The normalized spacial score (nSPS) is 16.0. The predicted octanol–water partition coefficient (Wildman–Crippen LogP) is 1.84. The molecule has 0 radical (unpaired) electrons. The summed E-state index contributed by atoms with van der Waals surface area (Å²) in [6.07, 6.45) is 2.08. The van der Waals surface area contributed by atoms with E-state index < -0.39 is 0 Å². The first-order valence-electron chi connectivity index (χ1n) is 8.60. The fourth-order valence-electron chi connectivity index (χ4n) is 2.82. The number of halogens is 1. The highest BCUT2D eigenvalue weighted by atomic mass is 35.5. The van der Waals surface area contributed by atoms with Gasteiger partial charge in [0.1, 0.15) is 5.75 Å². The number of carbonyl (C=O) groups is 2. The Morgan fingerprint density at radius 2 is 2.12 bits per heavy atom. The number of benzene rings is 1. The number of hydrogen-bond acceptors (Lipinski definition) is 4. The maximum Gasteiger partial charge on any atom is 0.255 e. The molecule has 0 aliphatic carbocycles. The molecule has 0 aromatic heterocycles. The number of rotatable bonds is 8. The van der Waals surface area contributed by atoms with Gasteiger partial charge in [0, 0.05) is 32.6 Å². The lowest BCUT2D eigenvalue weighted by Crippen LogP contribution is -2.38. The van der Waals surface area contributed by atoms with Crippen molar-refractivity contribution in [3.63, 3.8) is 0 Å². The van der Waals surface area contributed by atoms with E-state index in [1.165, 1.54) is 0 Å². The lowest BCUT2D eigenvalue weighted by atomic mass is 10.1. The average Bonchev–Trinajstić information content (AvgIpc) is 3.13. The van der Waals surface area contributed by atoms with Crippen molar-refractivity contribution in [2.24, 2.45) is 0 Å². The van der Waals surface area contributed by atoms with Gasteiger partial charge in [-0.3, -0.25) is 9.59 Å². The number of nitrogens with zero attached hydrogens (tertiary/aromatic N) is 1. The maximum atomic E-state index is 12.2. The zero-order chi connectivity index (χ0) is 17.4. The van der Waals surface area contributed by atoms with Crippen LogP contribution < -0.4 is 15.4 Å². The Morgan fingerprint density at radius 3 is 2.80 bits per heavy atom. The van der Waals surface area contributed by atoms with Crippen molar-refractivity contribution in [1.82, 2.24) is 15.5 Å². The number of amides is 2. The van der Waals surface area contributed by atoms with E-state index in [4.69, 9.17) is 4.74 Å². The first kappa shape index (κ1) is 21.3. The summed E-state index contributed by atoms with van der Waals surface area (Å²) in [5, 5.41) is 6.12. The third kappa shape index (κ3) is 6.21. The fourth-order valence-corrected chi connectivity index (χ4v) is 2.82. The van der Waals surface area contributed by atoms with Crippen molar-refractivity contribution >= 4 is 24.2 Å².